The highest BCUT2D eigenvalue weighted by Crippen LogP contribution is 2.26. The Morgan fingerprint density at radius 1 is 1.26 bits per heavy atom. The lowest BCUT2D eigenvalue weighted by Gasteiger charge is -2.31. The van der Waals surface area contributed by atoms with E-state index >= 15 is 0 Å². The Morgan fingerprint density at radius 3 is 2.91 bits per heavy atom. The number of para-hydroxylation sites is 1. The van der Waals surface area contributed by atoms with Gasteiger partial charge in [-0.1, -0.05) is 34.1 Å². The van der Waals surface area contributed by atoms with Gasteiger partial charge in [0.25, 0.3) is 0 Å². The average molecular weight is 377 g/mol. The lowest BCUT2D eigenvalue weighted by atomic mass is 10.0. The van der Waals surface area contributed by atoms with Crippen molar-refractivity contribution in [1.29, 1.82) is 0 Å². The van der Waals surface area contributed by atoms with Crippen LogP contribution in [0.1, 0.15) is 18.4 Å². The molecule has 0 spiro atoms. The van der Waals surface area contributed by atoms with Crippen LogP contribution in [0.3, 0.4) is 0 Å². The first-order valence-corrected chi connectivity index (χ1v) is 8.50. The molecule has 0 saturated heterocycles. The van der Waals surface area contributed by atoms with Crippen molar-refractivity contribution >= 4 is 33.2 Å². The number of hydrogen-bond acceptors (Lipinski definition) is 2. The third-order valence-electron chi connectivity index (χ3n) is 4.02. The minimum atomic E-state index is -0.434. The number of halogens is 2. The SMILES string of the molecule is O=C(CCN1CCCc2ccccc21)Nc1ccc(Br)cc1F. The molecule has 0 unspecified atom stereocenters. The van der Waals surface area contributed by atoms with Gasteiger partial charge < -0.3 is 10.2 Å². The average Bonchev–Trinajstić information content (AvgIpc) is 2.55. The molecule has 0 atom stereocenters. The van der Waals surface area contributed by atoms with Crippen LogP contribution in [0.5, 0.6) is 0 Å². The second-order valence-corrected chi connectivity index (χ2v) is 6.56. The molecule has 1 aliphatic heterocycles. The largest absolute Gasteiger partial charge is 0.371 e. The zero-order valence-electron chi connectivity index (χ0n) is 12.7. The second kappa shape index (κ2) is 7.13. The fourth-order valence-electron chi connectivity index (χ4n) is 2.88. The molecule has 0 aromatic heterocycles. The third kappa shape index (κ3) is 3.91. The van der Waals surface area contributed by atoms with E-state index in [4.69, 9.17) is 0 Å². The molecular formula is C18H18BrFN2O. The van der Waals surface area contributed by atoms with Crippen LogP contribution < -0.4 is 10.2 Å². The molecule has 1 heterocycles. The minimum absolute atomic E-state index is 0.172. The van der Waals surface area contributed by atoms with E-state index in [0.717, 1.165) is 19.4 Å². The summed E-state index contributed by atoms with van der Waals surface area (Å²) in [7, 11) is 0. The lowest BCUT2D eigenvalue weighted by Crippen LogP contribution is -2.32. The van der Waals surface area contributed by atoms with E-state index in [1.165, 1.54) is 17.3 Å². The predicted octanol–water partition coefficient (Wildman–Crippen LogP) is 4.37. The molecule has 3 nitrogen and oxygen atoms in total. The summed E-state index contributed by atoms with van der Waals surface area (Å²) in [5.41, 5.74) is 2.76. The van der Waals surface area contributed by atoms with Gasteiger partial charge >= 0.3 is 0 Å². The van der Waals surface area contributed by atoms with Crippen LogP contribution in [0, 0.1) is 5.82 Å². The number of anilines is 2. The van der Waals surface area contributed by atoms with Gasteiger partial charge in [-0.3, -0.25) is 4.79 Å². The van der Waals surface area contributed by atoms with Crippen molar-refractivity contribution in [3.63, 3.8) is 0 Å². The van der Waals surface area contributed by atoms with Gasteiger partial charge in [-0.2, -0.15) is 0 Å². The molecule has 1 amide bonds. The summed E-state index contributed by atoms with van der Waals surface area (Å²) in [5.74, 6) is -0.606. The molecule has 23 heavy (non-hydrogen) atoms. The summed E-state index contributed by atoms with van der Waals surface area (Å²) in [6.45, 7) is 1.60. The monoisotopic (exact) mass is 376 g/mol. The summed E-state index contributed by atoms with van der Waals surface area (Å²) < 4.78 is 14.4. The van der Waals surface area contributed by atoms with E-state index in [2.05, 4.69) is 38.3 Å². The van der Waals surface area contributed by atoms with Crippen LogP contribution in [0.2, 0.25) is 0 Å². The highest BCUT2D eigenvalue weighted by molar-refractivity contribution is 9.10. The third-order valence-corrected chi connectivity index (χ3v) is 4.51. The highest BCUT2D eigenvalue weighted by Gasteiger charge is 2.17. The number of hydrogen-bond donors (Lipinski definition) is 1. The number of benzene rings is 2. The maximum absolute atomic E-state index is 13.7. The van der Waals surface area contributed by atoms with Crippen LogP contribution in [0.4, 0.5) is 15.8 Å². The first kappa shape index (κ1) is 16.0. The Bertz CT molecular complexity index is 720. The maximum Gasteiger partial charge on any atom is 0.226 e. The molecule has 0 fully saturated rings. The van der Waals surface area contributed by atoms with Crippen molar-refractivity contribution in [1.82, 2.24) is 0 Å². The van der Waals surface area contributed by atoms with Crippen molar-refractivity contribution < 1.29 is 9.18 Å². The van der Waals surface area contributed by atoms with Gasteiger partial charge in [0.1, 0.15) is 5.82 Å². The van der Waals surface area contributed by atoms with Gasteiger partial charge in [-0.25, -0.2) is 4.39 Å². The zero-order valence-corrected chi connectivity index (χ0v) is 14.3. The molecule has 2 aromatic rings. The van der Waals surface area contributed by atoms with Crippen molar-refractivity contribution in [3.05, 3.63) is 58.3 Å². The van der Waals surface area contributed by atoms with Crippen LogP contribution in [-0.4, -0.2) is 19.0 Å². The number of aryl methyl sites for hydroxylation is 1. The van der Waals surface area contributed by atoms with Crippen LogP contribution in [-0.2, 0) is 11.2 Å². The summed E-state index contributed by atoms with van der Waals surface area (Å²) >= 11 is 3.20. The van der Waals surface area contributed by atoms with Gasteiger partial charge in [0.15, 0.2) is 0 Å². The lowest BCUT2D eigenvalue weighted by molar-refractivity contribution is -0.116. The van der Waals surface area contributed by atoms with Crippen LogP contribution in [0.25, 0.3) is 0 Å². The molecule has 2 aromatic carbocycles. The van der Waals surface area contributed by atoms with Gasteiger partial charge in [-0.15, -0.1) is 0 Å². The van der Waals surface area contributed by atoms with Crippen molar-refractivity contribution in [3.8, 4) is 0 Å². The number of nitrogens with zero attached hydrogens (tertiary/aromatic N) is 1. The molecule has 3 rings (SSSR count). The molecule has 0 bridgehead atoms. The first-order valence-electron chi connectivity index (χ1n) is 7.71. The number of amides is 1. The molecule has 1 aliphatic rings. The molecule has 5 heteroatoms. The summed E-state index contributed by atoms with van der Waals surface area (Å²) in [5, 5.41) is 2.64. The Labute approximate surface area is 143 Å². The fourth-order valence-corrected chi connectivity index (χ4v) is 3.22. The Kier molecular flexibility index (Phi) is 4.96. The Balaban J connectivity index is 1.59. The van der Waals surface area contributed by atoms with E-state index in [-0.39, 0.29) is 11.6 Å². The summed E-state index contributed by atoms with van der Waals surface area (Å²) in [6, 6.07) is 12.9. The number of carbonyl (C=O) groups is 1. The molecular weight excluding hydrogens is 359 g/mol. The molecule has 0 saturated carbocycles. The van der Waals surface area contributed by atoms with Crippen molar-refractivity contribution in [2.24, 2.45) is 0 Å². The molecule has 0 aliphatic carbocycles. The molecule has 1 N–H and O–H groups in total. The minimum Gasteiger partial charge on any atom is -0.371 e. The first-order chi connectivity index (χ1) is 11.1. The Morgan fingerprint density at radius 2 is 2.09 bits per heavy atom. The predicted molar refractivity (Wildman–Crippen MR) is 94.3 cm³/mol. The molecule has 120 valence electrons. The maximum atomic E-state index is 13.7. The summed E-state index contributed by atoms with van der Waals surface area (Å²) in [4.78, 5) is 14.3. The highest BCUT2D eigenvalue weighted by atomic mass is 79.9. The zero-order chi connectivity index (χ0) is 16.2. The van der Waals surface area contributed by atoms with E-state index in [1.807, 2.05) is 12.1 Å². The second-order valence-electron chi connectivity index (χ2n) is 5.64. The number of fused-ring (bicyclic) bond motifs is 1. The quantitative estimate of drug-likeness (QED) is 0.858. The van der Waals surface area contributed by atoms with Gasteiger partial charge in [0.2, 0.25) is 5.91 Å². The fraction of sp³-hybridized carbons (Fsp3) is 0.278. The topological polar surface area (TPSA) is 32.3 Å². The summed E-state index contributed by atoms with van der Waals surface area (Å²) in [6.07, 6.45) is 2.52. The standard InChI is InChI=1S/C18H18BrFN2O/c19-14-7-8-16(15(20)12-14)21-18(23)9-11-22-10-3-5-13-4-1-2-6-17(13)22/h1-2,4,6-8,12H,3,5,9-11H2,(H,21,23). The smallest absolute Gasteiger partial charge is 0.226 e. The number of carbonyl (C=O) groups excluding carboxylic acids is 1. The Hall–Kier alpha value is -1.88. The van der Waals surface area contributed by atoms with Crippen LogP contribution >= 0.6 is 15.9 Å². The van der Waals surface area contributed by atoms with Crippen molar-refractivity contribution in [2.45, 2.75) is 19.3 Å². The van der Waals surface area contributed by atoms with Crippen LogP contribution in [0.15, 0.2) is 46.9 Å². The van der Waals surface area contributed by atoms with Gasteiger partial charge in [0.05, 0.1) is 5.69 Å². The van der Waals surface area contributed by atoms with Gasteiger partial charge in [0, 0.05) is 29.7 Å². The van der Waals surface area contributed by atoms with E-state index in [9.17, 15) is 9.18 Å². The van der Waals surface area contributed by atoms with Crippen molar-refractivity contribution in [2.75, 3.05) is 23.3 Å². The van der Waals surface area contributed by atoms with Gasteiger partial charge in [-0.05, 0) is 42.7 Å². The number of nitrogens with one attached hydrogen (secondary N) is 1. The molecule has 0 radical (unpaired) electrons. The number of rotatable bonds is 4. The normalized spacial score (nSPS) is 13.6. The van der Waals surface area contributed by atoms with E-state index < -0.39 is 5.82 Å². The van der Waals surface area contributed by atoms with E-state index in [1.54, 1.807) is 12.1 Å². The van der Waals surface area contributed by atoms with E-state index in [0.29, 0.717) is 17.4 Å².